The molecule has 102 valence electrons. The maximum atomic E-state index is 14.1. The van der Waals surface area contributed by atoms with Gasteiger partial charge in [0.15, 0.2) is 0 Å². The fourth-order valence-electron chi connectivity index (χ4n) is 2.12. The Hall–Kier alpha value is -1.29. The van der Waals surface area contributed by atoms with Gasteiger partial charge in [0, 0.05) is 10.0 Å². The van der Waals surface area contributed by atoms with Crippen molar-refractivity contribution in [2.24, 2.45) is 0 Å². The van der Waals surface area contributed by atoms with Gasteiger partial charge in [-0.1, -0.05) is 23.2 Å². The first-order chi connectivity index (χ1) is 9.60. The Morgan fingerprint density at radius 3 is 2.45 bits per heavy atom. The SMILES string of the molecule is Fc1cc(Cl)ccc1-n1c(CCl)nc2ccc(Cl)cc21. The highest BCUT2D eigenvalue weighted by molar-refractivity contribution is 6.31. The number of imidazole rings is 1. The van der Waals surface area contributed by atoms with Crippen LogP contribution in [0.5, 0.6) is 0 Å². The summed E-state index contributed by atoms with van der Waals surface area (Å²) in [6, 6.07) is 9.71. The molecule has 6 heteroatoms. The molecule has 0 aliphatic carbocycles. The lowest BCUT2D eigenvalue weighted by Crippen LogP contribution is -2.02. The van der Waals surface area contributed by atoms with Crippen LogP contribution in [0.25, 0.3) is 16.7 Å². The number of rotatable bonds is 2. The molecule has 2 nitrogen and oxygen atoms in total. The van der Waals surface area contributed by atoms with Crippen LogP contribution in [-0.4, -0.2) is 9.55 Å². The molecule has 0 aliphatic rings. The first-order valence-corrected chi connectivity index (χ1v) is 7.07. The monoisotopic (exact) mass is 328 g/mol. The zero-order valence-electron chi connectivity index (χ0n) is 10.1. The normalized spacial score (nSPS) is 11.2. The van der Waals surface area contributed by atoms with E-state index in [1.165, 1.54) is 6.07 Å². The predicted octanol–water partition coefficient (Wildman–Crippen LogP) is 5.21. The van der Waals surface area contributed by atoms with Crippen LogP contribution in [0.1, 0.15) is 5.82 Å². The number of halogens is 4. The summed E-state index contributed by atoms with van der Waals surface area (Å²) < 4.78 is 15.8. The lowest BCUT2D eigenvalue weighted by atomic mass is 10.2. The van der Waals surface area contributed by atoms with Crippen LogP contribution in [-0.2, 0) is 5.88 Å². The largest absolute Gasteiger partial charge is 0.292 e. The standard InChI is InChI=1S/C14H8Cl3FN2/c15-7-14-19-11-3-1-9(17)6-13(11)20(14)12-4-2-8(16)5-10(12)18/h1-6H,7H2. The summed E-state index contributed by atoms with van der Waals surface area (Å²) in [5, 5.41) is 0.885. The molecular weight excluding hydrogens is 322 g/mol. The quantitative estimate of drug-likeness (QED) is 0.590. The fraction of sp³-hybridized carbons (Fsp3) is 0.0714. The molecule has 0 fully saturated rings. The Morgan fingerprint density at radius 2 is 1.75 bits per heavy atom. The second kappa shape index (κ2) is 5.24. The summed E-state index contributed by atoms with van der Waals surface area (Å²) in [5.74, 6) is 0.266. The Morgan fingerprint density at radius 1 is 1.05 bits per heavy atom. The Bertz CT molecular complexity index is 798. The lowest BCUT2D eigenvalue weighted by molar-refractivity contribution is 0.618. The van der Waals surface area contributed by atoms with Crippen LogP contribution in [0.3, 0.4) is 0 Å². The molecule has 0 unspecified atom stereocenters. The van der Waals surface area contributed by atoms with Gasteiger partial charge in [-0.25, -0.2) is 9.37 Å². The molecule has 1 heterocycles. The van der Waals surface area contributed by atoms with Crippen molar-refractivity contribution in [3.05, 3.63) is 58.1 Å². The van der Waals surface area contributed by atoms with Gasteiger partial charge in [-0.05, 0) is 36.4 Å². The average Bonchev–Trinajstić information content (AvgIpc) is 2.76. The molecule has 0 N–H and O–H groups in total. The molecule has 20 heavy (non-hydrogen) atoms. The van der Waals surface area contributed by atoms with Gasteiger partial charge >= 0.3 is 0 Å². The van der Waals surface area contributed by atoms with E-state index in [1.54, 1.807) is 34.9 Å². The fourth-order valence-corrected chi connectivity index (χ4v) is 2.62. The van der Waals surface area contributed by atoms with Crippen LogP contribution in [0, 0.1) is 5.82 Å². The first kappa shape index (κ1) is 13.7. The van der Waals surface area contributed by atoms with E-state index in [2.05, 4.69) is 4.98 Å². The smallest absolute Gasteiger partial charge is 0.148 e. The zero-order chi connectivity index (χ0) is 14.3. The number of benzene rings is 2. The van der Waals surface area contributed by atoms with E-state index in [-0.39, 0.29) is 5.88 Å². The van der Waals surface area contributed by atoms with Crippen molar-refractivity contribution in [2.75, 3.05) is 0 Å². The van der Waals surface area contributed by atoms with Crippen LogP contribution in [0.4, 0.5) is 4.39 Å². The second-order valence-electron chi connectivity index (χ2n) is 4.23. The molecule has 0 aliphatic heterocycles. The Labute approximate surface area is 129 Å². The van der Waals surface area contributed by atoms with Crippen LogP contribution in [0.2, 0.25) is 10.0 Å². The summed E-state index contributed by atoms with van der Waals surface area (Å²) in [4.78, 5) is 4.38. The minimum atomic E-state index is -0.442. The number of nitrogens with zero attached hydrogens (tertiary/aromatic N) is 2. The first-order valence-electron chi connectivity index (χ1n) is 5.78. The van der Waals surface area contributed by atoms with Gasteiger partial charge < -0.3 is 0 Å². The highest BCUT2D eigenvalue weighted by Crippen LogP contribution is 2.27. The van der Waals surface area contributed by atoms with E-state index in [9.17, 15) is 4.39 Å². The molecule has 0 saturated heterocycles. The Balaban J connectivity index is 2.36. The van der Waals surface area contributed by atoms with Gasteiger partial charge in [0.05, 0.1) is 22.6 Å². The number of fused-ring (bicyclic) bond motifs is 1. The molecule has 0 spiro atoms. The summed E-state index contributed by atoms with van der Waals surface area (Å²) in [6.45, 7) is 0. The Kier molecular flexibility index (Phi) is 3.59. The minimum absolute atomic E-state index is 0.161. The van der Waals surface area contributed by atoms with E-state index in [4.69, 9.17) is 34.8 Å². The van der Waals surface area contributed by atoms with Crippen molar-refractivity contribution in [2.45, 2.75) is 5.88 Å². The van der Waals surface area contributed by atoms with E-state index in [0.717, 1.165) is 0 Å². The molecule has 0 saturated carbocycles. The van der Waals surface area contributed by atoms with E-state index in [0.29, 0.717) is 32.6 Å². The topological polar surface area (TPSA) is 17.8 Å². The number of alkyl halides is 1. The number of hydrogen-bond donors (Lipinski definition) is 0. The molecule has 0 radical (unpaired) electrons. The summed E-state index contributed by atoms with van der Waals surface area (Å²) in [5.41, 5.74) is 1.75. The van der Waals surface area contributed by atoms with Gasteiger partial charge in [0.25, 0.3) is 0 Å². The van der Waals surface area contributed by atoms with Crippen LogP contribution < -0.4 is 0 Å². The van der Waals surface area contributed by atoms with E-state index >= 15 is 0 Å². The highest BCUT2D eigenvalue weighted by Gasteiger charge is 2.15. The second-order valence-corrected chi connectivity index (χ2v) is 5.37. The number of aromatic nitrogens is 2. The zero-order valence-corrected chi connectivity index (χ0v) is 12.3. The lowest BCUT2D eigenvalue weighted by Gasteiger charge is -2.09. The minimum Gasteiger partial charge on any atom is -0.292 e. The molecule has 1 aromatic heterocycles. The molecule has 3 aromatic rings. The van der Waals surface area contributed by atoms with Crippen LogP contribution >= 0.6 is 34.8 Å². The maximum absolute atomic E-state index is 14.1. The van der Waals surface area contributed by atoms with Gasteiger partial charge in [-0.3, -0.25) is 4.57 Å². The average molecular weight is 330 g/mol. The molecule has 0 atom stereocenters. The van der Waals surface area contributed by atoms with Crippen LogP contribution in [0.15, 0.2) is 36.4 Å². The molecule has 3 rings (SSSR count). The van der Waals surface area contributed by atoms with Gasteiger partial charge in [-0.2, -0.15) is 0 Å². The molecular formula is C14H8Cl3FN2. The van der Waals surface area contributed by atoms with Gasteiger partial charge in [0.2, 0.25) is 0 Å². The maximum Gasteiger partial charge on any atom is 0.148 e. The predicted molar refractivity (Wildman–Crippen MR) is 80.6 cm³/mol. The number of hydrogen-bond acceptors (Lipinski definition) is 1. The molecule has 0 bridgehead atoms. The van der Waals surface area contributed by atoms with E-state index in [1.807, 2.05) is 0 Å². The summed E-state index contributed by atoms with van der Waals surface area (Å²) in [6.07, 6.45) is 0. The van der Waals surface area contributed by atoms with Gasteiger partial charge in [-0.15, -0.1) is 11.6 Å². The van der Waals surface area contributed by atoms with Crippen molar-refractivity contribution in [3.63, 3.8) is 0 Å². The third-order valence-electron chi connectivity index (χ3n) is 2.96. The summed E-state index contributed by atoms with van der Waals surface area (Å²) >= 11 is 17.7. The van der Waals surface area contributed by atoms with Crippen molar-refractivity contribution in [1.82, 2.24) is 9.55 Å². The molecule has 0 amide bonds. The van der Waals surface area contributed by atoms with Crippen molar-refractivity contribution in [1.29, 1.82) is 0 Å². The molecule has 2 aromatic carbocycles. The van der Waals surface area contributed by atoms with Crippen molar-refractivity contribution in [3.8, 4) is 5.69 Å². The van der Waals surface area contributed by atoms with Crippen molar-refractivity contribution >= 4 is 45.8 Å². The van der Waals surface area contributed by atoms with Crippen molar-refractivity contribution < 1.29 is 4.39 Å². The van der Waals surface area contributed by atoms with Gasteiger partial charge in [0.1, 0.15) is 11.6 Å². The highest BCUT2D eigenvalue weighted by atomic mass is 35.5. The third kappa shape index (κ3) is 2.26. The summed E-state index contributed by atoms with van der Waals surface area (Å²) in [7, 11) is 0. The third-order valence-corrected chi connectivity index (χ3v) is 3.67. The van der Waals surface area contributed by atoms with E-state index < -0.39 is 5.82 Å².